The van der Waals surface area contributed by atoms with Crippen molar-refractivity contribution in [3.8, 4) is 0 Å². The SMILES string of the molecule is O=C(Nc1n[nH]c(C(F)(F)F)n1)N1CCN(C2CCC2)CC1. The van der Waals surface area contributed by atoms with E-state index in [-0.39, 0.29) is 5.95 Å². The monoisotopic (exact) mass is 318 g/mol. The molecule has 2 fully saturated rings. The summed E-state index contributed by atoms with van der Waals surface area (Å²) in [5.41, 5.74) is 0. The lowest BCUT2D eigenvalue weighted by Gasteiger charge is -2.42. The van der Waals surface area contributed by atoms with Gasteiger partial charge >= 0.3 is 12.2 Å². The number of amides is 2. The molecule has 0 unspecified atom stereocenters. The minimum Gasteiger partial charge on any atom is -0.322 e. The summed E-state index contributed by atoms with van der Waals surface area (Å²) in [6.45, 7) is 2.69. The number of hydrogen-bond acceptors (Lipinski definition) is 4. The van der Waals surface area contributed by atoms with E-state index in [1.54, 1.807) is 10.00 Å². The van der Waals surface area contributed by atoms with Crippen LogP contribution in [0.4, 0.5) is 23.9 Å². The fourth-order valence-electron chi connectivity index (χ4n) is 2.66. The second-order valence-electron chi connectivity index (χ2n) is 5.54. The maximum atomic E-state index is 12.4. The molecule has 1 aromatic rings. The van der Waals surface area contributed by atoms with E-state index in [1.165, 1.54) is 19.3 Å². The predicted molar refractivity (Wildman–Crippen MR) is 71.2 cm³/mol. The lowest BCUT2D eigenvalue weighted by atomic mass is 9.91. The molecule has 2 amide bonds. The number of rotatable bonds is 2. The van der Waals surface area contributed by atoms with Gasteiger partial charge in [0.2, 0.25) is 11.8 Å². The van der Waals surface area contributed by atoms with Gasteiger partial charge < -0.3 is 4.90 Å². The average Bonchev–Trinajstić information content (AvgIpc) is 2.86. The number of urea groups is 1. The molecule has 22 heavy (non-hydrogen) atoms. The van der Waals surface area contributed by atoms with Crippen LogP contribution in [0.5, 0.6) is 0 Å². The zero-order valence-corrected chi connectivity index (χ0v) is 11.9. The number of nitrogens with one attached hydrogen (secondary N) is 2. The summed E-state index contributed by atoms with van der Waals surface area (Å²) in [6, 6.07) is 0.161. The largest absolute Gasteiger partial charge is 0.451 e. The van der Waals surface area contributed by atoms with Gasteiger partial charge in [-0.1, -0.05) is 6.42 Å². The number of anilines is 1. The second-order valence-corrected chi connectivity index (χ2v) is 5.54. The Morgan fingerprint density at radius 2 is 1.91 bits per heavy atom. The van der Waals surface area contributed by atoms with Crippen molar-refractivity contribution in [1.29, 1.82) is 0 Å². The van der Waals surface area contributed by atoms with E-state index in [2.05, 4.69) is 20.3 Å². The molecule has 0 aromatic carbocycles. The molecule has 2 heterocycles. The van der Waals surface area contributed by atoms with Gasteiger partial charge in [-0.2, -0.15) is 18.2 Å². The third kappa shape index (κ3) is 3.16. The Hall–Kier alpha value is -1.84. The Labute approximate surface area is 124 Å². The standard InChI is InChI=1S/C12H17F3N6O/c13-12(14,15)9-16-10(19-18-9)17-11(22)21-6-4-20(5-7-21)8-2-1-3-8/h8H,1-7H2,(H2,16,17,18,19,22). The zero-order valence-electron chi connectivity index (χ0n) is 11.9. The van der Waals surface area contributed by atoms with Crippen molar-refractivity contribution >= 4 is 12.0 Å². The number of carbonyl (C=O) groups is 1. The van der Waals surface area contributed by atoms with Gasteiger partial charge in [0.05, 0.1) is 0 Å². The van der Waals surface area contributed by atoms with Gasteiger partial charge in [0.15, 0.2) is 0 Å². The molecule has 0 bridgehead atoms. The molecular formula is C12H17F3N6O. The molecular weight excluding hydrogens is 301 g/mol. The van der Waals surface area contributed by atoms with Crippen LogP contribution in [0.15, 0.2) is 0 Å². The van der Waals surface area contributed by atoms with E-state index in [9.17, 15) is 18.0 Å². The lowest BCUT2D eigenvalue weighted by Crippen LogP contribution is -2.54. The number of halogens is 3. The van der Waals surface area contributed by atoms with Crippen molar-refractivity contribution in [3.05, 3.63) is 5.82 Å². The van der Waals surface area contributed by atoms with Gasteiger partial charge in [-0.15, -0.1) is 5.10 Å². The van der Waals surface area contributed by atoms with Gasteiger partial charge in [-0.05, 0) is 12.8 Å². The van der Waals surface area contributed by atoms with Crippen LogP contribution in [0.3, 0.4) is 0 Å². The molecule has 0 spiro atoms. The highest BCUT2D eigenvalue weighted by Crippen LogP contribution is 2.27. The molecule has 1 aliphatic heterocycles. The number of H-pyrrole nitrogens is 1. The molecule has 10 heteroatoms. The highest BCUT2D eigenvalue weighted by molar-refractivity contribution is 5.87. The van der Waals surface area contributed by atoms with E-state index in [4.69, 9.17) is 0 Å². The first-order valence-corrected chi connectivity index (χ1v) is 7.23. The number of hydrogen-bond donors (Lipinski definition) is 2. The first kappa shape index (κ1) is 15.1. The third-order valence-corrected chi connectivity index (χ3v) is 4.17. The van der Waals surface area contributed by atoms with E-state index >= 15 is 0 Å². The van der Waals surface area contributed by atoms with Crippen LogP contribution < -0.4 is 5.32 Å². The van der Waals surface area contributed by atoms with Crippen LogP contribution in [-0.2, 0) is 6.18 Å². The van der Waals surface area contributed by atoms with Crippen LogP contribution in [0.2, 0.25) is 0 Å². The summed E-state index contributed by atoms with van der Waals surface area (Å²) in [5.74, 6) is -1.59. The summed E-state index contributed by atoms with van der Waals surface area (Å²) in [7, 11) is 0. The fourth-order valence-corrected chi connectivity index (χ4v) is 2.66. The van der Waals surface area contributed by atoms with Crippen LogP contribution in [-0.4, -0.2) is 63.2 Å². The van der Waals surface area contributed by atoms with Gasteiger partial charge in [0.25, 0.3) is 0 Å². The van der Waals surface area contributed by atoms with Crippen molar-refractivity contribution in [3.63, 3.8) is 0 Å². The Kier molecular flexibility index (Phi) is 3.94. The maximum Gasteiger partial charge on any atom is 0.451 e. The lowest BCUT2D eigenvalue weighted by molar-refractivity contribution is -0.144. The molecule has 1 aliphatic carbocycles. The first-order valence-electron chi connectivity index (χ1n) is 7.23. The van der Waals surface area contributed by atoms with Crippen LogP contribution in [0, 0.1) is 0 Å². The smallest absolute Gasteiger partial charge is 0.322 e. The first-order chi connectivity index (χ1) is 10.4. The molecule has 1 aromatic heterocycles. The van der Waals surface area contributed by atoms with Gasteiger partial charge in [-0.25, -0.2) is 4.79 Å². The highest BCUT2D eigenvalue weighted by Gasteiger charge is 2.36. The number of nitrogens with zero attached hydrogens (tertiary/aromatic N) is 4. The van der Waals surface area contributed by atoms with E-state index in [0.29, 0.717) is 19.1 Å². The Balaban J connectivity index is 1.51. The normalized spacial score (nSPS) is 20.8. The van der Waals surface area contributed by atoms with Crippen molar-refractivity contribution in [2.45, 2.75) is 31.5 Å². The van der Waals surface area contributed by atoms with Crippen molar-refractivity contribution < 1.29 is 18.0 Å². The molecule has 0 radical (unpaired) electrons. The van der Waals surface area contributed by atoms with Gasteiger partial charge in [-0.3, -0.25) is 15.3 Å². The highest BCUT2D eigenvalue weighted by atomic mass is 19.4. The van der Waals surface area contributed by atoms with Crippen molar-refractivity contribution in [2.75, 3.05) is 31.5 Å². The van der Waals surface area contributed by atoms with Crippen LogP contribution >= 0.6 is 0 Å². The number of aromatic nitrogens is 3. The third-order valence-electron chi connectivity index (χ3n) is 4.17. The number of piperazine rings is 1. The molecule has 1 saturated heterocycles. The fraction of sp³-hybridized carbons (Fsp3) is 0.750. The summed E-state index contributed by atoms with van der Waals surface area (Å²) in [6.07, 6.45) is -0.921. The van der Waals surface area contributed by atoms with Gasteiger partial charge in [0, 0.05) is 32.2 Å². The molecule has 0 atom stereocenters. The topological polar surface area (TPSA) is 77.1 Å². The number of alkyl halides is 3. The molecule has 2 aliphatic rings. The minimum absolute atomic E-state index is 0.362. The minimum atomic E-state index is -4.61. The van der Waals surface area contributed by atoms with Gasteiger partial charge in [0.1, 0.15) is 0 Å². The summed E-state index contributed by atoms with van der Waals surface area (Å²) in [5, 5.41) is 7.41. The Bertz CT molecular complexity index is 533. The molecule has 122 valence electrons. The maximum absolute atomic E-state index is 12.4. The Morgan fingerprint density at radius 1 is 1.23 bits per heavy atom. The summed E-state index contributed by atoms with van der Waals surface area (Å²) >= 11 is 0. The average molecular weight is 318 g/mol. The van der Waals surface area contributed by atoms with Crippen molar-refractivity contribution in [1.82, 2.24) is 25.0 Å². The van der Waals surface area contributed by atoms with E-state index < -0.39 is 18.0 Å². The Morgan fingerprint density at radius 3 is 2.41 bits per heavy atom. The zero-order chi connectivity index (χ0) is 15.7. The quantitative estimate of drug-likeness (QED) is 0.867. The molecule has 3 rings (SSSR count). The predicted octanol–water partition coefficient (Wildman–Crippen LogP) is 1.53. The van der Waals surface area contributed by atoms with Crippen molar-refractivity contribution in [2.24, 2.45) is 0 Å². The molecule has 1 saturated carbocycles. The molecule has 2 N–H and O–H groups in total. The summed E-state index contributed by atoms with van der Waals surface area (Å²) in [4.78, 5) is 19.2. The molecule has 7 nitrogen and oxygen atoms in total. The van der Waals surface area contributed by atoms with Crippen LogP contribution in [0.1, 0.15) is 25.1 Å². The number of carbonyl (C=O) groups excluding carboxylic acids is 1. The van der Waals surface area contributed by atoms with E-state index in [1.807, 2.05) is 0 Å². The van der Waals surface area contributed by atoms with E-state index in [0.717, 1.165) is 13.1 Å². The summed E-state index contributed by atoms with van der Waals surface area (Å²) < 4.78 is 37.2. The second kappa shape index (κ2) is 5.75. The van der Waals surface area contributed by atoms with Crippen LogP contribution in [0.25, 0.3) is 0 Å². The number of aromatic amines is 1.